The Balaban J connectivity index is 2.30. The monoisotopic (exact) mass is 535 g/mol. The van der Waals surface area contributed by atoms with Gasteiger partial charge in [-0.25, -0.2) is 12.8 Å². The summed E-state index contributed by atoms with van der Waals surface area (Å²) in [5.74, 6) is -0.811. The van der Waals surface area contributed by atoms with Crippen molar-refractivity contribution in [1.82, 2.24) is 9.62 Å². The van der Waals surface area contributed by atoms with E-state index in [0.717, 1.165) is 17.7 Å². The van der Waals surface area contributed by atoms with Crippen LogP contribution in [0.2, 0.25) is 0 Å². The number of benzene rings is 2. The van der Waals surface area contributed by atoms with Crippen LogP contribution in [-0.2, 0) is 21.2 Å². The quantitative estimate of drug-likeness (QED) is 0.323. The van der Waals surface area contributed by atoms with Crippen molar-refractivity contribution in [2.75, 3.05) is 19.6 Å². The zero-order valence-electron chi connectivity index (χ0n) is 22.5. The van der Waals surface area contributed by atoms with Crippen LogP contribution in [0.5, 0.6) is 0 Å². The maximum Gasteiger partial charge on any atom is 0.243 e. The molecule has 1 amide bonds. The van der Waals surface area contributed by atoms with Gasteiger partial charge in [-0.2, -0.15) is 4.31 Å². The minimum absolute atomic E-state index is 0.0192. The highest BCUT2D eigenvalue weighted by atomic mass is 32.2. The van der Waals surface area contributed by atoms with E-state index >= 15 is 0 Å². The van der Waals surface area contributed by atoms with E-state index in [1.54, 1.807) is 13.8 Å². The smallest absolute Gasteiger partial charge is 0.243 e. The molecule has 7 nitrogen and oxygen atoms in total. The number of halogens is 1. The summed E-state index contributed by atoms with van der Waals surface area (Å²) in [6.45, 7) is 9.98. The number of sulfonamides is 1. The summed E-state index contributed by atoms with van der Waals surface area (Å²) in [6.07, 6.45) is 0.0140. The lowest BCUT2D eigenvalue weighted by Crippen LogP contribution is -2.51. The van der Waals surface area contributed by atoms with Crippen molar-refractivity contribution in [2.24, 2.45) is 23.0 Å². The van der Waals surface area contributed by atoms with E-state index in [2.05, 4.69) is 5.32 Å². The van der Waals surface area contributed by atoms with Crippen molar-refractivity contribution in [3.63, 3.8) is 0 Å². The van der Waals surface area contributed by atoms with Gasteiger partial charge in [0.15, 0.2) is 0 Å². The summed E-state index contributed by atoms with van der Waals surface area (Å²) in [7, 11) is -3.96. The predicted octanol–water partition coefficient (Wildman–Crippen LogP) is 3.57. The van der Waals surface area contributed by atoms with Crippen molar-refractivity contribution >= 4 is 15.9 Å². The Morgan fingerprint density at radius 3 is 2.22 bits per heavy atom. The van der Waals surface area contributed by atoms with Gasteiger partial charge in [-0.3, -0.25) is 4.79 Å². The molecule has 0 fully saturated rings. The van der Waals surface area contributed by atoms with Gasteiger partial charge < -0.3 is 16.2 Å². The molecule has 37 heavy (non-hydrogen) atoms. The lowest BCUT2D eigenvalue weighted by Gasteiger charge is -2.33. The van der Waals surface area contributed by atoms with Crippen LogP contribution in [0.25, 0.3) is 0 Å². The fourth-order valence-electron chi connectivity index (χ4n) is 3.84. The molecule has 0 saturated heterocycles. The molecule has 0 saturated carbocycles. The van der Waals surface area contributed by atoms with Crippen LogP contribution in [0, 0.1) is 23.1 Å². The van der Waals surface area contributed by atoms with Gasteiger partial charge in [0.2, 0.25) is 15.9 Å². The highest BCUT2D eigenvalue weighted by molar-refractivity contribution is 7.89. The van der Waals surface area contributed by atoms with E-state index in [1.165, 1.54) is 16.4 Å². The van der Waals surface area contributed by atoms with E-state index in [9.17, 15) is 22.7 Å². The highest BCUT2D eigenvalue weighted by Crippen LogP contribution is 2.26. The fraction of sp³-hybridized carbons (Fsp3) is 0.536. The molecule has 0 spiro atoms. The lowest BCUT2D eigenvalue weighted by molar-refractivity contribution is -0.128. The molecule has 9 heteroatoms. The van der Waals surface area contributed by atoms with Gasteiger partial charge in [-0.15, -0.1) is 0 Å². The third-order valence-electron chi connectivity index (χ3n) is 7.11. The first-order chi connectivity index (χ1) is 17.2. The molecule has 0 radical (unpaired) electrons. The summed E-state index contributed by atoms with van der Waals surface area (Å²) >= 11 is 0. The van der Waals surface area contributed by atoms with E-state index in [4.69, 9.17) is 5.73 Å². The van der Waals surface area contributed by atoms with Crippen LogP contribution in [0.3, 0.4) is 0 Å². The molecule has 0 heterocycles. The average Bonchev–Trinajstić information content (AvgIpc) is 2.84. The third kappa shape index (κ3) is 8.88. The molecule has 0 aromatic heterocycles. The average molecular weight is 536 g/mol. The van der Waals surface area contributed by atoms with Crippen molar-refractivity contribution in [2.45, 2.75) is 64.5 Å². The number of nitrogens with one attached hydrogen (secondary N) is 1. The molecule has 3 atom stereocenters. The second-order valence-corrected chi connectivity index (χ2v) is 12.7. The van der Waals surface area contributed by atoms with Gasteiger partial charge in [-0.1, -0.05) is 65.0 Å². The number of carbonyl (C=O) groups is 1. The topological polar surface area (TPSA) is 113 Å². The molecule has 0 aliphatic rings. The van der Waals surface area contributed by atoms with E-state index < -0.39 is 39.3 Å². The van der Waals surface area contributed by atoms with Gasteiger partial charge in [0.05, 0.1) is 11.0 Å². The zero-order valence-corrected chi connectivity index (χ0v) is 23.3. The maximum absolute atomic E-state index is 13.5. The minimum atomic E-state index is -3.96. The second-order valence-electron chi connectivity index (χ2n) is 10.8. The molecule has 2 rings (SSSR count). The Morgan fingerprint density at radius 2 is 1.68 bits per heavy atom. The number of rotatable bonds is 15. The van der Waals surface area contributed by atoms with E-state index in [-0.39, 0.29) is 29.8 Å². The molecule has 2 aromatic carbocycles. The first-order valence-electron chi connectivity index (χ1n) is 12.8. The molecule has 2 aromatic rings. The van der Waals surface area contributed by atoms with Crippen LogP contribution >= 0.6 is 0 Å². The fourth-order valence-corrected chi connectivity index (χ4v) is 5.31. The van der Waals surface area contributed by atoms with Crippen LogP contribution in [-0.4, -0.2) is 55.5 Å². The molecule has 206 valence electrons. The van der Waals surface area contributed by atoms with Crippen LogP contribution < -0.4 is 11.1 Å². The highest BCUT2D eigenvalue weighted by Gasteiger charge is 2.34. The van der Waals surface area contributed by atoms with Crippen LogP contribution in [0.4, 0.5) is 4.39 Å². The Bertz CT molecular complexity index is 1090. The Morgan fingerprint density at radius 1 is 1.08 bits per heavy atom. The first-order valence-corrected chi connectivity index (χ1v) is 14.2. The Kier molecular flexibility index (Phi) is 11.2. The SMILES string of the molecule is CC(C)CCN(C[C@H](O)[C@@H](Cc1ccccc1)NC[C@@H](C)C(C)(C)C(N)=O)S(=O)(=O)c1ccc(F)cc1. The van der Waals surface area contributed by atoms with Gasteiger partial charge in [0, 0.05) is 24.5 Å². The van der Waals surface area contributed by atoms with Gasteiger partial charge in [0.1, 0.15) is 5.82 Å². The molecule has 0 aliphatic carbocycles. The van der Waals surface area contributed by atoms with Crippen molar-refractivity contribution in [3.05, 3.63) is 66.0 Å². The number of nitrogens with two attached hydrogens (primary N) is 1. The molecular weight excluding hydrogens is 493 g/mol. The number of aliphatic hydroxyl groups excluding tert-OH is 1. The molecule has 0 bridgehead atoms. The maximum atomic E-state index is 13.5. The third-order valence-corrected chi connectivity index (χ3v) is 8.99. The zero-order chi connectivity index (χ0) is 27.8. The summed E-state index contributed by atoms with van der Waals surface area (Å²) in [4.78, 5) is 11.9. The Hall–Kier alpha value is -2.33. The standard InChI is InChI=1S/C28H42FN3O4S/c1-20(2)15-16-32(37(35,36)24-13-11-23(29)12-14-24)19-26(33)25(17-22-9-7-6-8-10-22)31-18-21(3)28(4,5)27(30)34/h6-14,20-21,25-26,31,33H,15-19H2,1-5H3,(H2,30,34)/t21-,25-,26+/m1/s1. The number of primary amides is 1. The lowest BCUT2D eigenvalue weighted by atomic mass is 9.79. The van der Waals surface area contributed by atoms with E-state index in [1.807, 2.05) is 51.1 Å². The number of carbonyl (C=O) groups excluding carboxylic acids is 1. The molecule has 0 unspecified atom stereocenters. The minimum Gasteiger partial charge on any atom is -0.390 e. The van der Waals surface area contributed by atoms with Gasteiger partial charge in [-0.05, 0) is 61.1 Å². The molecular formula is C28H42FN3O4S. The van der Waals surface area contributed by atoms with Crippen molar-refractivity contribution < 1.29 is 22.7 Å². The van der Waals surface area contributed by atoms with Gasteiger partial charge in [0.25, 0.3) is 0 Å². The Labute approximate surface area is 221 Å². The number of amides is 1. The number of hydrogen-bond donors (Lipinski definition) is 3. The second kappa shape index (κ2) is 13.5. The van der Waals surface area contributed by atoms with Crippen LogP contribution in [0.15, 0.2) is 59.5 Å². The summed E-state index contributed by atoms with van der Waals surface area (Å²) in [5, 5.41) is 14.7. The predicted molar refractivity (Wildman–Crippen MR) is 145 cm³/mol. The number of hydrogen-bond acceptors (Lipinski definition) is 5. The van der Waals surface area contributed by atoms with Crippen molar-refractivity contribution in [1.29, 1.82) is 0 Å². The van der Waals surface area contributed by atoms with Crippen LogP contribution in [0.1, 0.15) is 46.6 Å². The van der Waals surface area contributed by atoms with Gasteiger partial charge >= 0.3 is 0 Å². The summed E-state index contributed by atoms with van der Waals surface area (Å²) < 4.78 is 41.7. The van der Waals surface area contributed by atoms with Crippen molar-refractivity contribution in [3.8, 4) is 0 Å². The summed E-state index contributed by atoms with van der Waals surface area (Å²) in [5.41, 5.74) is 5.81. The largest absolute Gasteiger partial charge is 0.390 e. The molecule has 4 N–H and O–H groups in total. The molecule has 0 aliphatic heterocycles. The first kappa shape index (κ1) is 30.9. The normalized spacial score (nSPS) is 15.1. The summed E-state index contributed by atoms with van der Waals surface area (Å²) in [6, 6.07) is 13.9. The number of aliphatic hydroxyl groups is 1. The van der Waals surface area contributed by atoms with E-state index in [0.29, 0.717) is 19.4 Å². The number of nitrogens with zero attached hydrogens (tertiary/aromatic N) is 1.